The summed E-state index contributed by atoms with van der Waals surface area (Å²) in [5.74, 6) is -0.321. The predicted octanol–water partition coefficient (Wildman–Crippen LogP) is 3.26. The van der Waals surface area contributed by atoms with E-state index >= 15 is 0 Å². The molecule has 3 rings (SSSR count). The van der Waals surface area contributed by atoms with Crippen molar-refractivity contribution in [1.82, 2.24) is 14.8 Å². The number of carbonyl (C=O) groups excluding carboxylic acids is 1. The normalized spacial score (nSPS) is 10.5. The first kappa shape index (κ1) is 15.7. The van der Waals surface area contributed by atoms with Gasteiger partial charge in [0.2, 0.25) is 0 Å². The van der Waals surface area contributed by atoms with Gasteiger partial charge in [-0.3, -0.25) is 9.48 Å². The van der Waals surface area contributed by atoms with Crippen LogP contribution in [0.15, 0.2) is 48.7 Å². The van der Waals surface area contributed by atoms with Crippen molar-refractivity contribution in [2.45, 2.75) is 6.92 Å². The maximum atomic E-state index is 13.3. The van der Waals surface area contributed by atoms with E-state index in [1.807, 2.05) is 0 Å². The van der Waals surface area contributed by atoms with Crippen LogP contribution < -0.4 is 10.6 Å². The molecule has 1 amide bonds. The second-order valence-corrected chi connectivity index (χ2v) is 5.31. The molecule has 0 unspecified atom stereocenters. The van der Waals surface area contributed by atoms with Crippen LogP contribution in [0.3, 0.4) is 0 Å². The molecule has 0 radical (unpaired) electrons. The molecule has 2 N–H and O–H groups in total. The molecule has 0 saturated heterocycles. The zero-order chi connectivity index (χ0) is 17.1. The lowest BCUT2D eigenvalue weighted by molar-refractivity contribution is 0.102. The highest BCUT2D eigenvalue weighted by atomic mass is 19.1. The van der Waals surface area contributed by atoms with Gasteiger partial charge < -0.3 is 10.6 Å². The number of halogens is 1. The van der Waals surface area contributed by atoms with Crippen molar-refractivity contribution in [1.29, 1.82) is 0 Å². The van der Waals surface area contributed by atoms with Crippen LogP contribution in [0, 0.1) is 12.7 Å². The maximum Gasteiger partial charge on any atom is 0.277 e. The van der Waals surface area contributed by atoms with E-state index in [-0.39, 0.29) is 11.5 Å². The van der Waals surface area contributed by atoms with E-state index in [0.29, 0.717) is 22.9 Å². The van der Waals surface area contributed by atoms with Gasteiger partial charge in [0.05, 0.1) is 5.69 Å². The molecule has 0 aliphatic carbocycles. The Balaban J connectivity index is 1.88. The molecule has 2 aromatic heterocycles. The monoisotopic (exact) mass is 325 g/mol. The van der Waals surface area contributed by atoms with Crippen molar-refractivity contribution in [2.24, 2.45) is 7.05 Å². The molecule has 0 atom stereocenters. The molecule has 0 bridgehead atoms. The molecular formula is C17H16FN5O. The number of anilines is 3. The smallest absolute Gasteiger partial charge is 0.277 e. The van der Waals surface area contributed by atoms with Crippen LogP contribution in [0.2, 0.25) is 0 Å². The summed E-state index contributed by atoms with van der Waals surface area (Å²) in [6.45, 7) is 1.80. The quantitative estimate of drug-likeness (QED) is 0.772. The highest BCUT2D eigenvalue weighted by Crippen LogP contribution is 2.21. The lowest BCUT2D eigenvalue weighted by Gasteiger charge is -2.12. The molecule has 7 heteroatoms. The Morgan fingerprint density at radius 2 is 2.04 bits per heavy atom. The first-order chi connectivity index (χ1) is 11.5. The number of pyridine rings is 1. The van der Waals surface area contributed by atoms with E-state index in [0.717, 1.165) is 0 Å². The van der Waals surface area contributed by atoms with E-state index < -0.39 is 5.91 Å². The summed E-state index contributed by atoms with van der Waals surface area (Å²) < 4.78 is 14.9. The van der Waals surface area contributed by atoms with Crippen LogP contribution in [-0.4, -0.2) is 20.7 Å². The number of carbonyl (C=O) groups is 1. The number of hydrogen-bond acceptors (Lipinski definition) is 4. The molecule has 24 heavy (non-hydrogen) atoms. The third kappa shape index (κ3) is 3.57. The minimum atomic E-state index is -0.392. The number of hydrogen-bond donors (Lipinski definition) is 2. The van der Waals surface area contributed by atoms with Gasteiger partial charge in [0.1, 0.15) is 5.82 Å². The summed E-state index contributed by atoms with van der Waals surface area (Å²) >= 11 is 0. The minimum absolute atomic E-state index is 0.213. The van der Waals surface area contributed by atoms with E-state index in [4.69, 9.17) is 0 Å². The van der Waals surface area contributed by atoms with Gasteiger partial charge in [0.15, 0.2) is 11.5 Å². The fourth-order valence-corrected chi connectivity index (χ4v) is 2.21. The molecule has 1 aromatic carbocycles. The van der Waals surface area contributed by atoms with Crippen LogP contribution >= 0.6 is 0 Å². The number of aromatic nitrogens is 3. The van der Waals surface area contributed by atoms with Crippen LogP contribution in [0.4, 0.5) is 21.6 Å². The number of aryl methyl sites for hydroxylation is 2. The molecule has 0 spiro atoms. The minimum Gasteiger partial charge on any atom is -0.354 e. The second-order valence-electron chi connectivity index (χ2n) is 5.31. The van der Waals surface area contributed by atoms with Crippen molar-refractivity contribution in [2.75, 3.05) is 10.6 Å². The Kier molecular flexibility index (Phi) is 4.24. The molecule has 0 saturated carbocycles. The Hall–Kier alpha value is -3.22. The number of nitrogens with zero attached hydrogens (tertiary/aromatic N) is 3. The predicted molar refractivity (Wildman–Crippen MR) is 89.8 cm³/mol. The first-order valence-electron chi connectivity index (χ1n) is 7.32. The summed E-state index contributed by atoms with van der Waals surface area (Å²) in [5, 5.41) is 9.83. The van der Waals surface area contributed by atoms with E-state index in [9.17, 15) is 9.18 Å². The topological polar surface area (TPSA) is 71.8 Å². The van der Waals surface area contributed by atoms with Crippen LogP contribution in [-0.2, 0) is 7.05 Å². The lowest BCUT2D eigenvalue weighted by Crippen LogP contribution is -2.16. The van der Waals surface area contributed by atoms with Gasteiger partial charge in [0.25, 0.3) is 5.91 Å². The van der Waals surface area contributed by atoms with Crippen LogP contribution in [0.1, 0.15) is 16.2 Å². The van der Waals surface area contributed by atoms with Gasteiger partial charge >= 0.3 is 0 Å². The second kappa shape index (κ2) is 6.49. The van der Waals surface area contributed by atoms with Gasteiger partial charge in [-0.1, -0.05) is 6.07 Å². The molecule has 0 aliphatic rings. The van der Waals surface area contributed by atoms with E-state index in [1.54, 1.807) is 55.2 Å². The van der Waals surface area contributed by atoms with E-state index in [2.05, 4.69) is 20.7 Å². The first-order valence-corrected chi connectivity index (χ1v) is 7.32. The highest BCUT2D eigenvalue weighted by Gasteiger charge is 2.15. The standard InChI is InChI=1S/C17H16FN5O/c1-11-6-7-14(20-13-5-3-4-12(18)10-13)16(19-11)17(24)21-15-8-9-23(2)22-15/h3-10,20H,1-2H3,(H,21,22,24). The average Bonchev–Trinajstić information content (AvgIpc) is 2.94. The fraction of sp³-hybridized carbons (Fsp3) is 0.118. The van der Waals surface area contributed by atoms with Crippen molar-refractivity contribution >= 4 is 23.1 Å². The Labute approximate surface area is 138 Å². The summed E-state index contributed by atoms with van der Waals surface area (Å²) in [7, 11) is 1.76. The third-order valence-corrected chi connectivity index (χ3v) is 3.31. The molecule has 0 aliphatic heterocycles. The molecule has 0 fully saturated rings. The zero-order valence-electron chi connectivity index (χ0n) is 13.2. The van der Waals surface area contributed by atoms with Gasteiger partial charge in [-0.05, 0) is 37.3 Å². The number of rotatable bonds is 4. The zero-order valence-corrected chi connectivity index (χ0v) is 13.2. The van der Waals surface area contributed by atoms with E-state index in [1.165, 1.54) is 12.1 Å². The number of amides is 1. The maximum absolute atomic E-state index is 13.3. The van der Waals surface area contributed by atoms with Gasteiger partial charge in [0, 0.05) is 30.7 Å². The molecular weight excluding hydrogens is 309 g/mol. The summed E-state index contributed by atoms with van der Waals surface area (Å²) in [4.78, 5) is 16.8. The van der Waals surface area contributed by atoms with Crippen LogP contribution in [0.25, 0.3) is 0 Å². The SMILES string of the molecule is Cc1ccc(Nc2cccc(F)c2)c(C(=O)Nc2ccn(C)n2)n1. The average molecular weight is 325 g/mol. The molecule has 3 aromatic rings. The highest BCUT2D eigenvalue weighted by molar-refractivity contribution is 6.06. The molecule has 6 nitrogen and oxygen atoms in total. The van der Waals surface area contributed by atoms with Crippen molar-refractivity contribution < 1.29 is 9.18 Å². The Morgan fingerprint density at radius 1 is 1.21 bits per heavy atom. The van der Waals surface area contributed by atoms with Crippen LogP contribution in [0.5, 0.6) is 0 Å². The third-order valence-electron chi connectivity index (χ3n) is 3.31. The number of benzene rings is 1. The molecule has 2 heterocycles. The Morgan fingerprint density at radius 3 is 2.75 bits per heavy atom. The van der Waals surface area contributed by atoms with Crippen molar-refractivity contribution in [3.05, 3.63) is 65.9 Å². The fourth-order valence-electron chi connectivity index (χ4n) is 2.21. The Bertz CT molecular complexity index is 890. The van der Waals surface area contributed by atoms with Crippen molar-refractivity contribution in [3.8, 4) is 0 Å². The summed E-state index contributed by atoms with van der Waals surface area (Å²) in [6.07, 6.45) is 1.73. The number of nitrogens with one attached hydrogen (secondary N) is 2. The largest absolute Gasteiger partial charge is 0.354 e. The van der Waals surface area contributed by atoms with Crippen molar-refractivity contribution in [3.63, 3.8) is 0 Å². The summed E-state index contributed by atoms with van der Waals surface area (Å²) in [6, 6.07) is 11.2. The van der Waals surface area contributed by atoms with Gasteiger partial charge in [-0.2, -0.15) is 5.10 Å². The lowest BCUT2D eigenvalue weighted by atomic mass is 10.2. The van der Waals surface area contributed by atoms with Gasteiger partial charge in [-0.25, -0.2) is 9.37 Å². The van der Waals surface area contributed by atoms with Gasteiger partial charge in [-0.15, -0.1) is 0 Å². The molecule has 122 valence electrons. The summed E-state index contributed by atoms with van der Waals surface area (Å²) in [5.41, 5.74) is 1.93.